The first-order valence-corrected chi connectivity index (χ1v) is 9.24. The zero-order chi connectivity index (χ0) is 20.3. The third-order valence-electron chi connectivity index (χ3n) is 3.41. The van der Waals surface area contributed by atoms with E-state index in [9.17, 15) is 9.59 Å². The molecule has 0 radical (unpaired) electrons. The molecule has 0 atom stereocenters. The van der Waals surface area contributed by atoms with Crippen LogP contribution in [0.2, 0.25) is 10.0 Å². The molecule has 0 aliphatic heterocycles. The van der Waals surface area contributed by atoms with Crippen molar-refractivity contribution in [3.8, 4) is 0 Å². The Kier molecular flexibility index (Phi) is 12.2. The molecule has 0 saturated carbocycles. The molecule has 0 saturated heterocycles. The summed E-state index contributed by atoms with van der Waals surface area (Å²) < 4.78 is 5.08. The van der Waals surface area contributed by atoms with Gasteiger partial charge in [0, 0.05) is 18.1 Å². The van der Waals surface area contributed by atoms with E-state index in [1.54, 1.807) is 0 Å². The van der Waals surface area contributed by atoms with Crippen LogP contribution in [0.1, 0.15) is 31.1 Å². The minimum absolute atomic E-state index is 0.0548. The molecule has 26 heavy (non-hydrogen) atoms. The first-order chi connectivity index (χ1) is 12.3. The topological polar surface area (TPSA) is 53.8 Å². The van der Waals surface area contributed by atoms with Gasteiger partial charge in [0.25, 0.3) is 0 Å². The van der Waals surface area contributed by atoms with E-state index in [0.717, 1.165) is 19.4 Å². The molecule has 7 heteroatoms. The first-order valence-electron chi connectivity index (χ1n) is 8.49. The molecule has 0 amide bonds. The van der Waals surface area contributed by atoms with E-state index in [0.29, 0.717) is 11.3 Å². The van der Waals surface area contributed by atoms with Crippen LogP contribution in [0.3, 0.4) is 0 Å². The molecule has 0 aliphatic rings. The van der Waals surface area contributed by atoms with Gasteiger partial charge in [-0.1, -0.05) is 44.0 Å². The van der Waals surface area contributed by atoms with Crippen molar-refractivity contribution in [3.05, 3.63) is 44.2 Å². The number of carbonyl (C=O) groups excluding carboxylic acids is 1. The number of hydrogen-bond acceptors (Lipinski definition) is 5. The highest BCUT2D eigenvalue weighted by atomic mass is 35.5. The predicted molar refractivity (Wildman–Crippen MR) is 111 cm³/mol. The van der Waals surface area contributed by atoms with E-state index in [1.165, 1.54) is 18.7 Å². The summed E-state index contributed by atoms with van der Waals surface area (Å²) in [5, 5.41) is 0.770. The number of halogens is 2. The summed E-state index contributed by atoms with van der Waals surface area (Å²) in [6.45, 7) is 9.65. The lowest BCUT2D eigenvalue weighted by molar-refractivity contribution is 0.112. The molecule has 0 N–H and O–H groups in total. The van der Waals surface area contributed by atoms with Gasteiger partial charge in [-0.05, 0) is 39.8 Å². The normalized spacial score (nSPS) is 10.2. The lowest BCUT2D eigenvalue weighted by atomic mass is 10.2. The minimum Gasteiger partial charge on any atom is -0.462 e. The Morgan fingerprint density at radius 3 is 2.23 bits per heavy atom. The molecule has 0 spiro atoms. The van der Waals surface area contributed by atoms with Gasteiger partial charge < -0.3 is 14.2 Å². The average molecular weight is 403 g/mol. The Hall–Kier alpha value is -1.40. The van der Waals surface area contributed by atoms with E-state index in [4.69, 9.17) is 27.6 Å². The maximum atomic E-state index is 11.7. The van der Waals surface area contributed by atoms with E-state index in [1.807, 2.05) is 13.8 Å². The summed E-state index contributed by atoms with van der Waals surface area (Å²) in [5.74, 6) is 0. The number of rotatable bonds is 5. The first kappa shape index (κ1) is 24.6. The largest absolute Gasteiger partial charge is 0.462 e. The molecular weight excluding hydrogens is 375 g/mol. The van der Waals surface area contributed by atoms with E-state index in [2.05, 4.69) is 37.9 Å². The number of hydrogen-bond donors (Lipinski definition) is 0. The molecule has 5 nitrogen and oxygen atoms in total. The zero-order valence-electron chi connectivity index (χ0n) is 16.3. The van der Waals surface area contributed by atoms with Crippen LogP contribution in [0.5, 0.6) is 0 Å². The van der Waals surface area contributed by atoms with Crippen LogP contribution in [0.25, 0.3) is 11.0 Å². The van der Waals surface area contributed by atoms with Gasteiger partial charge in [-0.2, -0.15) is 0 Å². The Morgan fingerprint density at radius 2 is 1.73 bits per heavy atom. The van der Waals surface area contributed by atoms with Crippen LogP contribution in [-0.4, -0.2) is 56.9 Å². The van der Waals surface area contributed by atoms with Gasteiger partial charge in [-0.3, -0.25) is 9.59 Å². The smallest absolute Gasteiger partial charge is 0.203 e. The van der Waals surface area contributed by atoms with Gasteiger partial charge >= 0.3 is 0 Å². The number of likely N-dealkylation sites (N-methyl/N-ethyl adjacent to an activating group) is 2. The van der Waals surface area contributed by atoms with E-state index in [-0.39, 0.29) is 21.6 Å². The summed E-state index contributed by atoms with van der Waals surface area (Å²) >= 11 is 11.6. The molecule has 0 aliphatic carbocycles. The summed E-state index contributed by atoms with van der Waals surface area (Å²) in [6, 6.07) is 2.89. The number of nitrogens with zero attached hydrogens (tertiary/aromatic N) is 2. The molecule has 2 aromatic rings. The van der Waals surface area contributed by atoms with Crippen LogP contribution in [-0.2, 0) is 0 Å². The molecule has 1 aromatic heterocycles. The quantitative estimate of drug-likeness (QED) is 0.691. The summed E-state index contributed by atoms with van der Waals surface area (Å²) in [6.07, 6.45) is 1.51. The van der Waals surface area contributed by atoms with Crippen LogP contribution in [0.4, 0.5) is 0 Å². The van der Waals surface area contributed by atoms with Crippen molar-refractivity contribution in [2.24, 2.45) is 0 Å². The minimum atomic E-state index is -0.435. The molecular formula is C19H28Cl2N2O3. The highest BCUT2D eigenvalue weighted by molar-refractivity contribution is 6.38. The lowest BCUT2D eigenvalue weighted by Crippen LogP contribution is -2.28. The van der Waals surface area contributed by atoms with Gasteiger partial charge in [0.2, 0.25) is 5.43 Å². The molecule has 2 rings (SSSR count). The summed E-state index contributed by atoms with van der Waals surface area (Å²) in [5.41, 5.74) is -0.256. The Balaban J connectivity index is 0.000000492. The van der Waals surface area contributed by atoms with Crippen molar-refractivity contribution < 1.29 is 9.21 Å². The Labute approximate surface area is 165 Å². The third-order valence-corrected chi connectivity index (χ3v) is 3.91. The SMILES string of the molecule is CC.CCN(C)CCN(C)C.O=Cc1coc2c(Cl)cc(Cl)cc2c1=O. The number of carbonyl (C=O) groups is 1. The monoisotopic (exact) mass is 402 g/mol. The molecule has 0 unspecified atom stereocenters. The zero-order valence-corrected chi connectivity index (χ0v) is 17.8. The highest BCUT2D eigenvalue weighted by Crippen LogP contribution is 2.25. The van der Waals surface area contributed by atoms with Crippen LogP contribution in [0, 0.1) is 0 Å². The van der Waals surface area contributed by atoms with Crippen molar-refractivity contribution in [2.75, 3.05) is 40.8 Å². The van der Waals surface area contributed by atoms with Crippen LogP contribution in [0.15, 0.2) is 27.6 Å². The van der Waals surface area contributed by atoms with Crippen molar-refractivity contribution >= 4 is 40.5 Å². The fourth-order valence-corrected chi connectivity index (χ4v) is 2.33. The van der Waals surface area contributed by atoms with Crippen molar-refractivity contribution in [2.45, 2.75) is 20.8 Å². The third kappa shape index (κ3) is 7.87. The average Bonchev–Trinajstić information content (AvgIpc) is 2.62. The second-order valence-electron chi connectivity index (χ2n) is 5.60. The maximum absolute atomic E-state index is 11.7. The van der Waals surface area contributed by atoms with Gasteiger partial charge in [0.1, 0.15) is 6.26 Å². The summed E-state index contributed by atoms with van der Waals surface area (Å²) in [7, 11) is 6.34. The maximum Gasteiger partial charge on any atom is 0.203 e. The standard InChI is InChI=1S/C10H4Cl2O3.C7H18N2.C2H6/c11-6-1-7-9(14)5(3-13)4-15-10(7)8(12)2-6;1-5-9(4)7-6-8(2)3;1-2/h1-4H;5-7H2,1-4H3;1-2H3. The summed E-state index contributed by atoms with van der Waals surface area (Å²) in [4.78, 5) is 26.7. The van der Waals surface area contributed by atoms with Crippen molar-refractivity contribution in [3.63, 3.8) is 0 Å². The van der Waals surface area contributed by atoms with Crippen LogP contribution >= 0.6 is 23.2 Å². The van der Waals surface area contributed by atoms with Crippen LogP contribution < -0.4 is 5.43 Å². The Bertz CT molecular complexity index is 745. The highest BCUT2D eigenvalue weighted by Gasteiger charge is 2.10. The second-order valence-corrected chi connectivity index (χ2v) is 6.45. The van der Waals surface area contributed by atoms with Crippen molar-refractivity contribution in [1.29, 1.82) is 0 Å². The Morgan fingerprint density at radius 1 is 1.12 bits per heavy atom. The number of fused-ring (bicyclic) bond motifs is 1. The van der Waals surface area contributed by atoms with Gasteiger partial charge in [0.05, 0.1) is 16.0 Å². The lowest BCUT2D eigenvalue weighted by Gasteiger charge is -2.16. The predicted octanol–water partition coefficient (Wildman–Crippen LogP) is 4.44. The fraction of sp³-hybridized carbons (Fsp3) is 0.474. The molecule has 0 bridgehead atoms. The molecule has 1 heterocycles. The van der Waals surface area contributed by atoms with Gasteiger partial charge in [-0.15, -0.1) is 0 Å². The fourth-order valence-electron chi connectivity index (χ4n) is 1.79. The number of aldehydes is 1. The van der Waals surface area contributed by atoms with Gasteiger partial charge in [-0.25, -0.2) is 0 Å². The van der Waals surface area contributed by atoms with Crippen molar-refractivity contribution in [1.82, 2.24) is 9.80 Å². The second kappa shape index (κ2) is 12.9. The van der Waals surface area contributed by atoms with Gasteiger partial charge in [0.15, 0.2) is 11.9 Å². The number of benzene rings is 1. The molecule has 1 aromatic carbocycles. The van der Waals surface area contributed by atoms with E-state index < -0.39 is 5.43 Å². The molecule has 146 valence electrons. The molecule has 0 fully saturated rings. The van der Waals surface area contributed by atoms with E-state index >= 15 is 0 Å².